The van der Waals surface area contributed by atoms with Gasteiger partial charge in [-0.3, -0.25) is 19.2 Å². The molecule has 0 spiro atoms. The van der Waals surface area contributed by atoms with Crippen LogP contribution < -0.4 is 20.3 Å². The predicted octanol–water partition coefficient (Wildman–Crippen LogP) is 3.85. The third-order valence-corrected chi connectivity index (χ3v) is 8.88. The van der Waals surface area contributed by atoms with Gasteiger partial charge in [0.2, 0.25) is 11.8 Å². The van der Waals surface area contributed by atoms with E-state index in [0.717, 1.165) is 11.8 Å². The van der Waals surface area contributed by atoms with Crippen molar-refractivity contribution in [2.24, 2.45) is 0 Å². The SMILES string of the molecule is CSCC[C@H](NC(=O)CNC(=O)COc1ccc([C@@H]2[C@@H](SCC(=O)c3ccc(F)cc3)C(=O)N2c2ccc(F)cc2)cc1)C(=O)O. The summed E-state index contributed by atoms with van der Waals surface area (Å²) in [5.74, 6) is -2.95. The van der Waals surface area contributed by atoms with Crippen LogP contribution in [0.4, 0.5) is 14.5 Å². The van der Waals surface area contributed by atoms with E-state index in [1.54, 1.807) is 24.3 Å². The summed E-state index contributed by atoms with van der Waals surface area (Å²) < 4.78 is 32.4. The third-order valence-electron chi connectivity index (χ3n) is 6.99. The average molecular weight is 672 g/mol. The van der Waals surface area contributed by atoms with E-state index in [-0.39, 0.29) is 23.9 Å². The number of aliphatic carboxylic acids is 1. The zero-order chi connectivity index (χ0) is 33.2. The van der Waals surface area contributed by atoms with Crippen LogP contribution in [0.2, 0.25) is 0 Å². The highest BCUT2D eigenvalue weighted by Gasteiger charge is 2.49. The van der Waals surface area contributed by atoms with Crippen molar-refractivity contribution in [2.75, 3.05) is 35.8 Å². The number of nitrogens with zero attached hydrogens (tertiary/aromatic N) is 1. The number of benzene rings is 3. The van der Waals surface area contributed by atoms with Gasteiger partial charge in [0.1, 0.15) is 28.7 Å². The van der Waals surface area contributed by atoms with E-state index >= 15 is 0 Å². The molecule has 0 unspecified atom stereocenters. The maximum Gasteiger partial charge on any atom is 0.326 e. The Labute approximate surface area is 272 Å². The fourth-order valence-electron chi connectivity index (χ4n) is 4.60. The second kappa shape index (κ2) is 16.2. The molecule has 3 atom stereocenters. The monoisotopic (exact) mass is 671 g/mol. The molecule has 242 valence electrons. The largest absolute Gasteiger partial charge is 0.484 e. The number of β-lactam (4-membered cyclic amide) rings is 1. The molecule has 3 N–H and O–H groups in total. The number of halogens is 2. The van der Waals surface area contributed by atoms with Crippen LogP contribution in [0.25, 0.3) is 0 Å². The minimum absolute atomic E-state index is 0.0150. The number of ketones is 1. The van der Waals surface area contributed by atoms with Gasteiger partial charge in [-0.2, -0.15) is 11.8 Å². The van der Waals surface area contributed by atoms with Gasteiger partial charge in [-0.25, -0.2) is 13.6 Å². The van der Waals surface area contributed by atoms with E-state index in [1.165, 1.54) is 65.2 Å². The van der Waals surface area contributed by atoms with E-state index in [1.807, 2.05) is 6.26 Å². The quantitative estimate of drug-likeness (QED) is 0.153. The van der Waals surface area contributed by atoms with E-state index in [4.69, 9.17) is 4.74 Å². The molecule has 3 aromatic carbocycles. The summed E-state index contributed by atoms with van der Waals surface area (Å²) >= 11 is 2.61. The van der Waals surface area contributed by atoms with Crippen molar-refractivity contribution in [1.29, 1.82) is 0 Å². The van der Waals surface area contributed by atoms with Crippen molar-refractivity contribution in [3.8, 4) is 5.75 Å². The van der Waals surface area contributed by atoms with Crippen LogP contribution in [-0.2, 0) is 19.2 Å². The van der Waals surface area contributed by atoms with E-state index in [2.05, 4.69) is 10.6 Å². The summed E-state index contributed by atoms with van der Waals surface area (Å²) in [6, 6.07) is 15.7. The lowest BCUT2D eigenvalue weighted by atomic mass is 9.92. The molecule has 1 fully saturated rings. The molecule has 1 saturated heterocycles. The molecule has 3 aromatic rings. The van der Waals surface area contributed by atoms with Crippen molar-refractivity contribution in [1.82, 2.24) is 10.6 Å². The molecule has 10 nitrogen and oxygen atoms in total. The number of hydrogen-bond donors (Lipinski definition) is 3. The molecule has 46 heavy (non-hydrogen) atoms. The number of carbonyl (C=O) groups is 5. The van der Waals surface area contributed by atoms with Gasteiger partial charge in [0.25, 0.3) is 5.91 Å². The number of amides is 3. The lowest BCUT2D eigenvalue weighted by Crippen LogP contribution is -2.57. The maximum absolute atomic E-state index is 13.6. The van der Waals surface area contributed by atoms with Crippen molar-refractivity contribution < 1.29 is 42.6 Å². The first-order valence-electron chi connectivity index (χ1n) is 14.1. The molecule has 0 aliphatic carbocycles. The van der Waals surface area contributed by atoms with Crippen molar-refractivity contribution in [3.63, 3.8) is 0 Å². The van der Waals surface area contributed by atoms with Crippen molar-refractivity contribution >= 4 is 58.7 Å². The lowest BCUT2D eigenvalue weighted by Gasteiger charge is -2.47. The molecule has 4 rings (SSSR count). The number of ether oxygens (including phenoxy) is 1. The van der Waals surface area contributed by atoms with E-state index in [0.29, 0.717) is 28.3 Å². The number of nitrogens with one attached hydrogen (secondary N) is 2. The average Bonchev–Trinajstić information content (AvgIpc) is 3.04. The fraction of sp³-hybridized carbons (Fsp3) is 0.281. The summed E-state index contributed by atoms with van der Waals surface area (Å²) in [5, 5.41) is 13.4. The summed E-state index contributed by atoms with van der Waals surface area (Å²) in [6.07, 6.45) is 2.07. The molecule has 1 aliphatic rings. The second-order valence-corrected chi connectivity index (χ2v) is 12.3. The van der Waals surface area contributed by atoms with Crippen LogP contribution in [0, 0.1) is 11.6 Å². The second-order valence-electron chi connectivity index (χ2n) is 10.2. The van der Waals surface area contributed by atoms with Gasteiger partial charge >= 0.3 is 5.97 Å². The molecule has 14 heteroatoms. The van der Waals surface area contributed by atoms with Crippen LogP contribution in [-0.4, -0.2) is 76.8 Å². The van der Waals surface area contributed by atoms with Gasteiger partial charge in [-0.15, -0.1) is 11.8 Å². The minimum Gasteiger partial charge on any atom is -0.484 e. The third kappa shape index (κ3) is 9.07. The zero-order valence-corrected chi connectivity index (χ0v) is 26.2. The summed E-state index contributed by atoms with van der Waals surface area (Å²) in [7, 11) is 0. The molecular formula is C32H31F2N3O7S2. The molecule has 0 bridgehead atoms. The maximum atomic E-state index is 13.6. The van der Waals surface area contributed by atoms with Crippen molar-refractivity contribution in [3.05, 3.63) is 95.6 Å². The molecule has 0 aromatic heterocycles. The van der Waals surface area contributed by atoms with Gasteiger partial charge in [0, 0.05) is 11.3 Å². The summed E-state index contributed by atoms with van der Waals surface area (Å²) in [5.41, 5.74) is 1.52. The highest BCUT2D eigenvalue weighted by Crippen LogP contribution is 2.45. The van der Waals surface area contributed by atoms with Gasteiger partial charge in [-0.05, 0) is 84.7 Å². The van der Waals surface area contributed by atoms with Gasteiger partial charge in [-0.1, -0.05) is 12.1 Å². The summed E-state index contributed by atoms with van der Waals surface area (Å²) in [6.45, 7) is -0.823. The highest BCUT2D eigenvalue weighted by molar-refractivity contribution is 8.01. The van der Waals surface area contributed by atoms with Crippen LogP contribution in [0.15, 0.2) is 72.8 Å². The van der Waals surface area contributed by atoms with Crippen LogP contribution >= 0.6 is 23.5 Å². The number of hydrogen-bond acceptors (Lipinski definition) is 8. The Kier molecular flexibility index (Phi) is 12.1. The van der Waals surface area contributed by atoms with Gasteiger partial charge < -0.3 is 25.4 Å². The lowest BCUT2D eigenvalue weighted by molar-refractivity contribution is -0.141. The Morgan fingerprint density at radius 1 is 0.935 bits per heavy atom. The Hall–Kier alpha value is -4.43. The smallest absolute Gasteiger partial charge is 0.326 e. The number of Topliss-reactive ketones (excluding diaryl/α,β-unsaturated/α-hetero) is 1. The number of carboxylic acid groups (broad SMARTS) is 1. The first-order chi connectivity index (χ1) is 22.1. The number of rotatable bonds is 16. The van der Waals surface area contributed by atoms with Gasteiger partial charge in [0.15, 0.2) is 12.4 Å². The topological polar surface area (TPSA) is 142 Å². The Bertz CT molecular complexity index is 1560. The van der Waals surface area contributed by atoms with Gasteiger partial charge in [0.05, 0.1) is 18.3 Å². The van der Waals surface area contributed by atoms with Crippen LogP contribution in [0.5, 0.6) is 5.75 Å². The molecule has 1 aliphatic heterocycles. The Morgan fingerprint density at radius 3 is 2.17 bits per heavy atom. The molecule has 1 heterocycles. The standard InChI is InChI=1S/C32H31F2N3O7S2/c1-45-15-14-25(32(42)43)36-27(39)16-35-28(40)17-44-24-12-4-20(5-13-24)29-30(31(41)37(29)23-10-8-22(34)9-11-23)46-18-26(38)19-2-6-21(33)7-3-19/h2-13,25,29-30H,14-18H2,1H3,(H,35,40)(H,36,39)(H,42,43)/t25-,29+,30+/m0/s1. The number of thioether (sulfide) groups is 2. The predicted molar refractivity (Wildman–Crippen MR) is 171 cm³/mol. The first-order valence-corrected chi connectivity index (χ1v) is 16.5. The number of carbonyl (C=O) groups excluding carboxylic acids is 4. The Balaban J connectivity index is 1.36. The number of anilines is 1. The highest BCUT2D eigenvalue weighted by atomic mass is 32.2. The molecule has 0 radical (unpaired) electrons. The van der Waals surface area contributed by atoms with Crippen LogP contribution in [0.3, 0.4) is 0 Å². The zero-order valence-electron chi connectivity index (χ0n) is 24.6. The van der Waals surface area contributed by atoms with Crippen LogP contribution in [0.1, 0.15) is 28.4 Å². The molecule has 3 amide bonds. The first kappa shape index (κ1) is 34.4. The number of carboxylic acids is 1. The molecule has 0 saturated carbocycles. The Morgan fingerprint density at radius 2 is 1.57 bits per heavy atom. The van der Waals surface area contributed by atoms with E-state index < -0.39 is 59.9 Å². The van der Waals surface area contributed by atoms with Crippen molar-refractivity contribution in [2.45, 2.75) is 23.8 Å². The van der Waals surface area contributed by atoms with E-state index in [9.17, 15) is 37.9 Å². The minimum atomic E-state index is -1.16. The normalized spacial score (nSPS) is 16.2. The fourth-order valence-corrected chi connectivity index (χ4v) is 6.29. The summed E-state index contributed by atoms with van der Waals surface area (Å²) in [4.78, 5) is 63.1. The molecular weight excluding hydrogens is 640 g/mol.